The van der Waals surface area contributed by atoms with Crippen LogP contribution in [0.15, 0.2) is 10.5 Å². The topological polar surface area (TPSA) is 45.5 Å². The standard InChI is InChI=1S/C15H22N2O2.ClH/c1-11-9-13(12(2)19-11)14(18)17-7-4-15(5-8-17)3-6-16-10-15;/h9,16H,3-8,10H2,1-2H3;1H. The number of furan rings is 1. The van der Waals surface area contributed by atoms with Gasteiger partial charge in [-0.3, -0.25) is 4.79 Å². The van der Waals surface area contributed by atoms with Gasteiger partial charge in [0.15, 0.2) is 0 Å². The maximum Gasteiger partial charge on any atom is 0.257 e. The normalized spacial score (nSPS) is 21.0. The molecule has 4 nitrogen and oxygen atoms in total. The van der Waals surface area contributed by atoms with Crippen LogP contribution in [0.4, 0.5) is 0 Å². The van der Waals surface area contributed by atoms with Gasteiger partial charge in [-0.25, -0.2) is 0 Å². The Morgan fingerprint density at radius 2 is 2.00 bits per heavy atom. The van der Waals surface area contributed by atoms with E-state index in [1.165, 1.54) is 6.42 Å². The highest BCUT2D eigenvalue weighted by Gasteiger charge is 2.38. The molecule has 0 bridgehead atoms. The van der Waals surface area contributed by atoms with Crippen molar-refractivity contribution >= 4 is 18.3 Å². The van der Waals surface area contributed by atoms with Gasteiger partial charge < -0.3 is 14.6 Å². The van der Waals surface area contributed by atoms with Gasteiger partial charge in [0.05, 0.1) is 5.56 Å². The average Bonchev–Trinajstić information content (AvgIpc) is 2.97. The number of piperidine rings is 1. The summed E-state index contributed by atoms with van der Waals surface area (Å²) in [4.78, 5) is 14.5. The van der Waals surface area contributed by atoms with E-state index in [9.17, 15) is 4.79 Å². The lowest BCUT2D eigenvalue weighted by atomic mass is 9.78. The van der Waals surface area contributed by atoms with Crippen LogP contribution in [0, 0.1) is 19.3 Å². The Morgan fingerprint density at radius 3 is 2.50 bits per heavy atom. The quantitative estimate of drug-likeness (QED) is 0.866. The second-order valence-electron chi connectivity index (χ2n) is 6.05. The van der Waals surface area contributed by atoms with Crippen LogP contribution < -0.4 is 5.32 Å². The van der Waals surface area contributed by atoms with Gasteiger partial charge in [0, 0.05) is 19.6 Å². The third-order valence-electron chi connectivity index (χ3n) is 4.71. The number of hydrogen-bond donors (Lipinski definition) is 1. The second-order valence-corrected chi connectivity index (χ2v) is 6.05. The first kappa shape index (κ1) is 15.4. The van der Waals surface area contributed by atoms with Crippen molar-refractivity contribution in [2.45, 2.75) is 33.1 Å². The van der Waals surface area contributed by atoms with E-state index in [4.69, 9.17) is 4.42 Å². The number of carbonyl (C=O) groups excluding carboxylic acids is 1. The first-order valence-corrected chi connectivity index (χ1v) is 7.17. The van der Waals surface area contributed by atoms with Gasteiger partial charge in [-0.15, -0.1) is 12.4 Å². The first-order valence-electron chi connectivity index (χ1n) is 7.17. The Hall–Kier alpha value is -1.000. The summed E-state index contributed by atoms with van der Waals surface area (Å²) < 4.78 is 5.46. The number of aryl methyl sites for hydroxylation is 2. The molecule has 1 N–H and O–H groups in total. The van der Waals surface area contributed by atoms with Crippen LogP contribution >= 0.6 is 12.4 Å². The van der Waals surface area contributed by atoms with Crippen molar-refractivity contribution in [2.75, 3.05) is 26.2 Å². The van der Waals surface area contributed by atoms with Crippen molar-refractivity contribution in [3.05, 3.63) is 23.2 Å². The zero-order chi connectivity index (χ0) is 13.5. The maximum atomic E-state index is 12.5. The minimum Gasteiger partial charge on any atom is -0.466 e. The third kappa shape index (κ3) is 2.72. The fraction of sp³-hybridized carbons (Fsp3) is 0.667. The Morgan fingerprint density at radius 1 is 1.30 bits per heavy atom. The van der Waals surface area contributed by atoms with Crippen molar-refractivity contribution in [3.63, 3.8) is 0 Å². The third-order valence-corrected chi connectivity index (χ3v) is 4.71. The molecule has 0 radical (unpaired) electrons. The molecular formula is C15H23ClN2O2. The highest BCUT2D eigenvalue weighted by atomic mass is 35.5. The fourth-order valence-electron chi connectivity index (χ4n) is 3.42. The van der Waals surface area contributed by atoms with Gasteiger partial charge in [-0.1, -0.05) is 0 Å². The van der Waals surface area contributed by atoms with Crippen LogP contribution in [0.3, 0.4) is 0 Å². The van der Waals surface area contributed by atoms with Gasteiger partial charge in [-0.05, 0) is 51.1 Å². The number of hydrogen-bond acceptors (Lipinski definition) is 3. The molecule has 5 heteroatoms. The summed E-state index contributed by atoms with van der Waals surface area (Å²) in [6.07, 6.45) is 3.52. The summed E-state index contributed by atoms with van der Waals surface area (Å²) in [5.41, 5.74) is 1.19. The molecule has 0 atom stereocenters. The first-order chi connectivity index (χ1) is 9.10. The van der Waals surface area contributed by atoms with E-state index < -0.39 is 0 Å². The summed E-state index contributed by atoms with van der Waals surface area (Å²) in [5.74, 6) is 1.69. The molecular weight excluding hydrogens is 276 g/mol. The zero-order valence-corrected chi connectivity index (χ0v) is 13.0. The molecule has 2 aliphatic heterocycles. The monoisotopic (exact) mass is 298 g/mol. The van der Waals surface area contributed by atoms with Crippen LogP contribution in [-0.2, 0) is 0 Å². The van der Waals surface area contributed by atoms with Gasteiger partial charge in [0.2, 0.25) is 0 Å². The Labute approximate surface area is 126 Å². The summed E-state index contributed by atoms with van der Waals surface area (Å²) in [6.45, 7) is 7.77. The molecule has 1 aromatic rings. The molecule has 0 aliphatic carbocycles. The molecule has 20 heavy (non-hydrogen) atoms. The molecule has 2 saturated heterocycles. The minimum atomic E-state index is 0. The van der Waals surface area contributed by atoms with Crippen molar-refractivity contribution in [3.8, 4) is 0 Å². The fourth-order valence-corrected chi connectivity index (χ4v) is 3.42. The predicted octanol–water partition coefficient (Wildman–Crippen LogP) is 2.53. The SMILES string of the molecule is Cc1cc(C(=O)N2CCC3(CCNC3)CC2)c(C)o1.Cl. The molecule has 1 amide bonds. The molecule has 1 spiro atoms. The number of nitrogens with zero attached hydrogens (tertiary/aromatic N) is 1. The lowest BCUT2D eigenvalue weighted by molar-refractivity contribution is 0.0606. The second kappa shape index (κ2) is 5.78. The number of likely N-dealkylation sites (tertiary alicyclic amines) is 1. The summed E-state index contributed by atoms with van der Waals surface area (Å²) in [6, 6.07) is 1.86. The van der Waals surface area contributed by atoms with E-state index in [1.807, 2.05) is 24.8 Å². The number of carbonyl (C=O) groups is 1. The van der Waals surface area contributed by atoms with Crippen LogP contribution in [0.5, 0.6) is 0 Å². The molecule has 2 aliphatic rings. The van der Waals surface area contributed by atoms with Crippen molar-refractivity contribution in [1.29, 1.82) is 0 Å². The predicted molar refractivity (Wildman–Crippen MR) is 80.5 cm³/mol. The van der Waals surface area contributed by atoms with E-state index in [1.54, 1.807) is 0 Å². The highest BCUT2D eigenvalue weighted by molar-refractivity contribution is 5.95. The zero-order valence-electron chi connectivity index (χ0n) is 12.2. The lowest BCUT2D eigenvalue weighted by Gasteiger charge is -2.38. The number of halogens is 1. The van der Waals surface area contributed by atoms with Crippen molar-refractivity contribution in [1.82, 2.24) is 10.2 Å². The minimum absolute atomic E-state index is 0. The Bertz CT molecular complexity index is 482. The van der Waals surface area contributed by atoms with Crippen LogP contribution in [-0.4, -0.2) is 37.0 Å². The molecule has 0 saturated carbocycles. The van der Waals surface area contributed by atoms with Gasteiger partial charge in [0.1, 0.15) is 11.5 Å². The molecule has 3 rings (SSSR count). The molecule has 2 fully saturated rings. The maximum absolute atomic E-state index is 12.5. The number of rotatable bonds is 1. The van der Waals surface area contributed by atoms with E-state index >= 15 is 0 Å². The largest absolute Gasteiger partial charge is 0.466 e. The highest BCUT2D eigenvalue weighted by Crippen LogP contribution is 2.37. The summed E-state index contributed by atoms with van der Waals surface area (Å²) in [5, 5.41) is 3.45. The van der Waals surface area contributed by atoms with Gasteiger partial charge >= 0.3 is 0 Å². The van der Waals surface area contributed by atoms with Crippen molar-refractivity contribution in [2.24, 2.45) is 5.41 Å². The summed E-state index contributed by atoms with van der Waals surface area (Å²) >= 11 is 0. The Balaban J connectivity index is 0.00000147. The molecule has 1 aromatic heterocycles. The van der Waals surface area contributed by atoms with Crippen LogP contribution in [0.1, 0.15) is 41.1 Å². The average molecular weight is 299 g/mol. The van der Waals surface area contributed by atoms with E-state index in [2.05, 4.69) is 5.32 Å². The molecule has 0 unspecified atom stereocenters. The van der Waals surface area contributed by atoms with Gasteiger partial charge in [0.25, 0.3) is 5.91 Å². The smallest absolute Gasteiger partial charge is 0.257 e. The molecule has 0 aromatic carbocycles. The van der Waals surface area contributed by atoms with Gasteiger partial charge in [-0.2, -0.15) is 0 Å². The van der Waals surface area contributed by atoms with Crippen LogP contribution in [0.25, 0.3) is 0 Å². The van der Waals surface area contributed by atoms with E-state index in [0.717, 1.165) is 56.1 Å². The molecule has 3 heterocycles. The number of nitrogens with one attached hydrogen (secondary N) is 1. The Kier molecular flexibility index (Phi) is 4.45. The van der Waals surface area contributed by atoms with E-state index in [0.29, 0.717) is 5.41 Å². The lowest BCUT2D eigenvalue weighted by Crippen LogP contribution is -2.44. The van der Waals surface area contributed by atoms with Crippen LogP contribution in [0.2, 0.25) is 0 Å². The number of amides is 1. The molecule has 112 valence electrons. The summed E-state index contributed by atoms with van der Waals surface area (Å²) in [7, 11) is 0. The van der Waals surface area contributed by atoms with Crippen molar-refractivity contribution < 1.29 is 9.21 Å². The van der Waals surface area contributed by atoms with E-state index in [-0.39, 0.29) is 18.3 Å².